The second kappa shape index (κ2) is 10.2. The standard InChI is InChI=1S/C26H18Br2N2O4/c1-2-13-34-23-21(27)15-17(16-22(23)28)14-20-24(31)29(18-9-5-3-6-10-18)26(33)30(25(20)32)19-11-7-4-8-12-19/h2-12,14-16H,1,13H2. The van der Waals surface area contributed by atoms with Gasteiger partial charge in [-0.3, -0.25) is 9.59 Å². The van der Waals surface area contributed by atoms with Crippen LogP contribution in [0.3, 0.4) is 0 Å². The topological polar surface area (TPSA) is 66.9 Å². The summed E-state index contributed by atoms with van der Waals surface area (Å²) >= 11 is 6.93. The minimum Gasteiger partial charge on any atom is -0.487 e. The summed E-state index contributed by atoms with van der Waals surface area (Å²) in [4.78, 5) is 42.2. The molecule has 6 nitrogen and oxygen atoms in total. The van der Waals surface area contributed by atoms with Gasteiger partial charge in [0.1, 0.15) is 17.9 Å². The largest absolute Gasteiger partial charge is 0.487 e. The summed E-state index contributed by atoms with van der Waals surface area (Å²) in [7, 11) is 0. The highest BCUT2D eigenvalue weighted by atomic mass is 79.9. The lowest BCUT2D eigenvalue weighted by Crippen LogP contribution is -2.57. The van der Waals surface area contributed by atoms with Crippen LogP contribution >= 0.6 is 31.9 Å². The molecule has 0 atom stereocenters. The zero-order chi connectivity index (χ0) is 24.2. The first-order valence-corrected chi connectivity index (χ1v) is 11.8. The van der Waals surface area contributed by atoms with Gasteiger partial charge in [-0.15, -0.1) is 0 Å². The lowest BCUT2D eigenvalue weighted by atomic mass is 10.0. The van der Waals surface area contributed by atoms with Gasteiger partial charge in [0.15, 0.2) is 0 Å². The molecule has 1 aliphatic heterocycles. The number of hydrogen-bond acceptors (Lipinski definition) is 4. The molecule has 0 unspecified atom stereocenters. The summed E-state index contributed by atoms with van der Waals surface area (Å²) in [6.45, 7) is 3.95. The van der Waals surface area contributed by atoms with E-state index < -0.39 is 17.8 Å². The molecule has 0 radical (unpaired) electrons. The lowest BCUT2D eigenvalue weighted by Gasteiger charge is -2.33. The molecule has 0 N–H and O–H groups in total. The Bertz CT molecular complexity index is 1220. The minimum atomic E-state index is -0.736. The van der Waals surface area contributed by atoms with Crippen molar-refractivity contribution in [1.29, 1.82) is 0 Å². The normalized spacial score (nSPS) is 13.8. The van der Waals surface area contributed by atoms with E-state index >= 15 is 0 Å². The molecule has 4 amide bonds. The Hall–Kier alpha value is -3.49. The van der Waals surface area contributed by atoms with Crippen LogP contribution in [0.5, 0.6) is 5.75 Å². The van der Waals surface area contributed by atoms with Crippen LogP contribution in [0.1, 0.15) is 5.56 Å². The number of barbiturate groups is 1. The number of imide groups is 2. The molecular weight excluding hydrogens is 564 g/mol. The van der Waals surface area contributed by atoms with Gasteiger partial charge >= 0.3 is 6.03 Å². The molecule has 1 heterocycles. The average Bonchev–Trinajstić information content (AvgIpc) is 2.83. The third-order valence-corrected chi connectivity index (χ3v) is 6.13. The Morgan fingerprint density at radius 1 is 0.794 bits per heavy atom. The molecule has 1 saturated heterocycles. The van der Waals surface area contributed by atoms with E-state index in [1.54, 1.807) is 78.9 Å². The molecule has 4 rings (SSSR count). The van der Waals surface area contributed by atoms with Gasteiger partial charge in [-0.25, -0.2) is 14.6 Å². The number of halogens is 2. The van der Waals surface area contributed by atoms with Crippen molar-refractivity contribution in [3.63, 3.8) is 0 Å². The van der Waals surface area contributed by atoms with E-state index in [-0.39, 0.29) is 5.57 Å². The van der Waals surface area contributed by atoms with Gasteiger partial charge in [0.05, 0.1) is 20.3 Å². The summed E-state index contributed by atoms with van der Waals surface area (Å²) < 4.78 is 6.89. The quantitative estimate of drug-likeness (QED) is 0.193. The Morgan fingerprint density at radius 2 is 1.26 bits per heavy atom. The van der Waals surface area contributed by atoms with Crippen molar-refractivity contribution in [3.05, 3.63) is 106 Å². The van der Waals surface area contributed by atoms with Gasteiger partial charge in [0, 0.05) is 0 Å². The molecule has 0 saturated carbocycles. The average molecular weight is 582 g/mol. The highest BCUT2D eigenvalue weighted by molar-refractivity contribution is 9.11. The number of carbonyl (C=O) groups excluding carboxylic acids is 3. The fourth-order valence-corrected chi connectivity index (χ4v) is 4.90. The smallest absolute Gasteiger partial charge is 0.343 e. The Labute approximate surface area is 213 Å². The molecule has 8 heteroatoms. The van der Waals surface area contributed by atoms with Gasteiger partial charge in [-0.1, -0.05) is 49.1 Å². The Kier molecular flexibility index (Phi) is 7.09. The second-order valence-corrected chi connectivity index (χ2v) is 8.91. The maximum absolute atomic E-state index is 13.4. The van der Waals surface area contributed by atoms with Crippen LogP contribution in [0.2, 0.25) is 0 Å². The van der Waals surface area contributed by atoms with E-state index in [1.165, 1.54) is 6.08 Å². The highest BCUT2D eigenvalue weighted by Crippen LogP contribution is 2.36. The van der Waals surface area contributed by atoms with E-state index in [9.17, 15) is 14.4 Å². The molecule has 0 aliphatic carbocycles. The molecule has 3 aromatic carbocycles. The van der Waals surface area contributed by atoms with Crippen LogP contribution < -0.4 is 14.5 Å². The molecule has 3 aromatic rings. The SMILES string of the molecule is C=CCOc1c(Br)cc(C=C2C(=O)N(c3ccccc3)C(=O)N(c3ccccc3)C2=O)cc1Br. The number of anilines is 2. The van der Waals surface area contributed by atoms with E-state index in [1.807, 2.05) is 0 Å². The van der Waals surface area contributed by atoms with Crippen LogP contribution in [0.15, 0.2) is 100.0 Å². The number of nitrogens with zero attached hydrogens (tertiary/aromatic N) is 2. The summed E-state index contributed by atoms with van der Waals surface area (Å²) in [5.41, 5.74) is 1.15. The maximum Gasteiger partial charge on any atom is 0.343 e. The van der Waals surface area contributed by atoms with Crippen molar-refractivity contribution >= 4 is 67.2 Å². The molecule has 0 spiro atoms. The highest BCUT2D eigenvalue weighted by Gasteiger charge is 2.43. The predicted molar refractivity (Wildman–Crippen MR) is 139 cm³/mol. The third kappa shape index (κ3) is 4.60. The van der Waals surface area contributed by atoms with Gasteiger partial charge in [0.2, 0.25) is 0 Å². The number of amides is 4. The molecule has 0 aromatic heterocycles. The van der Waals surface area contributed by atoms with Crippen LogP contribution in [-0.4, -0.2) is 24.5 Å². The number of hydrogen-bond donors (Lipinski definition) is 0. The van der Waals surface area contributed by atoms with Crippen LogP contribution in [0.4, 0.5) is 16.2 Å². The maximum atomic E-state index is 13.4. The van der Waals surface area contributed by atoms with Crippen molar-refractivity contribution in [2.24, 2.45) is 0 Å². The van der Waals surface area contributed by atoms with Crippen LogP contribution in [0, 0.1) is 0 Å². The number of urea groups is 1. The van der Waals surface area contributed by atoms with Crippen molar-refractivity contribution in [2.45, 2.75) is 0 Å². The van der Waals surface area contributed by atoms with Crippen molar-refractivity contribution in [3.8, 4) is 5.75 Å². The molecule has 0 bridgehead atoms. The fraction of sp³-hybridized carbons (Fsp3) is 0.0385. The second-order valence-electron chi connectivity index (χ2n) is 7.21. The van der Waals surface area contributed by atoms with E-state index in [4.69, 9.17) is 4.74 Å². The van der Waals surface area contributed by atoms with Crippen LogP contribution in [-0.2, 0) is 9.59 Å². The fourth-order valence-electron chi connectivity index (χ4n) is 3.45. The molecule has 1 aliphatic rings. The van der Waals surface area contributed by atoms with E-state index in [0.29, 0.717) is 38.2 Å². The third-order valence-electron chi connectivity index (χ3n) is 4.96. The van der Waals surface area contributed by atoms with Crippen molar-refractivity contribution < 1.29 is 19.1 Å². The number of carbonyl (C=O) groups is 3. The summed E-state index contributed by atoms with van der Waals surface area (Å²) in [6, 6.07) is 19.7. The molecule has 34 heavy (non-hydrogen) atoms. The van der Waals surface area contributed by atoms with Gasteiger partial charge in [0.25, 0.3) is 11.8 Å². The van der Waals surface area contributed by atoms with Crippen molar-refractivity contribution in [2.75, 3.05) is 16.4 Å². The summed E-state index contributed by atoms with van der Waals surface area (Å²) in [5, 5.41) is 0. The van der Waals surface area contributed by atoms with Gasteiger partial charge < -0.3 is 4.74 Å². The molecule has 1 fully saturated rings. The Morgan fingerprint density at radius 3 is 1.71 bits per heavy atom. The predicted octanol–water partition coefficient (Wildman–Crippen LogP) is 6.36. The number of ether oxygens (including phenoxy) is 1. The lowest BCUT2D eigenvalue weighted by molar-refractivity contribution is -0.121. The zero-order valence-electron chi connectivity index (χ0n) is 17.8. The minimum absolute atomic E-state index is 0.147. The zero-order valence-corrected chi connectivity index (χ0v) is 21.0. The van der Waals surface area contributed by atoms with Crippen molar-refractivity contribution in [1.82, 2.24) is 0 Å². The first-order valence-electron chi connectivity index (χ1n) is 10.2. The summed E-state index contributed by atoms with van der Waals surface area (Å²) in [6.07, 6.45) is 3.09. The molecule has 170 valence electrons. The molecular formula is C26H18Br2N2O4. The number of rotatable bonds is 6. The van der Waals surface area contributed by atoms with Gasteiger partial charge in [-0.2, -0.15) is 0 Å². The monoisotopic (exact) mass is 580 g/mol. The first kappa shape index (κ1) is 23.7. The first-order chi connectivity index (χ1) is 16.4. The van der Waals surface area contributed by atoms with Crippen LogP contribution in [0.25, 0.3) is 6.08 Å². The van der Waals surface area contributed by atoms with E-state index in [2.05, 4.69) is 38.4 Å². The number of para-hydroxylation sites is 2. The van der Waals surface area contributed by atoms with E-state index in [0.717, 1.165) is 9.80 Å². The Balaban J connectivity index is 1.83. The van der Waals surface area contributed by atoms with Gasteiger partial charge in [-0.05, 0) is 79.9 Å². The number of benzene rings is 3. The summed E-state index contributed by atoms with van der Waals surface area (Å²) in [5.74, 6) is -0.837.